The van der Waals surface area contributed by atoms with Crippen molar-refractivity contribution in [1.29, 1.82) is 0 Å². The van der Waals surface area contributed by atoms with Gasteiger partial charge in [0.2, 0.25) is 5.78 Å². The van der Waals surface area contributed by atoms with Gasteiger partial charge in [-0.3, -0.25) is 24.7 Å². The average molecular weight is 352 g/mol. The lowest BCUT2D eigenvalue weighted by molar-refractivity contribution is -0.385. The highest BCUT2D eigenvalue weighted by Crippen LogP contribution is 2.20. The number of hydrogen-bond acceptors (Lipinski definition) is 8. The third-order valence-electron chi connectivity index (χ3n) is 2.82. The summed E-state index contributed by atoms with van der Waals surface area (Å²) in [4.78, 5) is 49.2. The molecule has 0 saturated carbocycles. The van der Waals surface area contributed by atoms with E-state index in [1.807, 2.05) is 0 Å². The molecule has 9 nitrogen and oxygen atoms in total. The van der Waals surface area contributed by atoms with Crippen LogP contribution in [0.1, 0.15) is 39.0 Å². The topological polar surface area (TPSA) is 126 Å². The molecule has 1 heterocycles. The van der Waals surface area contributed by atoms with Crippen LogP contribution in [0.3, 0.4) is 0 Å². The predicted molar refractivity (Wildman–Crippen MR) is 85.8 cm³/mol. The Balaban J connectivity index is 3.01. The summed E-state index contributed by atoms with van der Waals surface area (Å²) in [5, 5.41) is 11.1. The summed E-state index contributed by atoms with van der Waals surface area (Å²) in [6, 6.07) is 1.25. The third-order valence-corrected chi connectivity index (χ3v) is 2.82. The zero-order chi connectivity index (χ0) is 19.2. The van der Waals surface area contributed by atoms with E-state index in [1.165, 1.54) is 6.07 Å². The summed E-state index contributed by atoms with van der Waals surface area (Å²) >= 11 is 0. The molecule has 0 spiro atoms. The second kappa shape index (κ2) is 8.32. The average Bonchev–Trinajstić information content (AvgIpc) is 2.45. The lowest BCUT2D eigenvalue weighted by Crippen LogP contribution is -2.25. The highest BCUT2D eigenvalue weighted by Gasteiger charge is 2.24. The molecule has 136 valence electrons. The van der Waals surface area contributed by atoms with Crippen LogP contribution in [-0.4, -0.2) is 39.8 Å². The van der Waals surface area contributed by atoms with Crippen molar-refractivity contribution in [2.24, 2.45) is 0 Å². The SMILES string of the molecule is CCOC(=O)C(=O)Cc1cc(CC(=O)OC(C)(C)C)ncc1[N+](=O)[O-]. The van der Waals surface area contributed by atoms with Crippen molar-refractivity contribution in [3.63, 3.8) is 0 Å². The minimum absolute atomic E-state index is 0.0170. The van der Waals surface area contributed by atoms with Gasteiger partial charge < -0.3 is 9.47 Å². The van der Waals surface area contributed by atoms with Gasteiger partial charge in [0.1, 0.15) is 11.8 Å². The number of nitro groups is 1. The van der Waals surface area contributed by atoms with Crippen molar-refractivity contribution in [3.8, 4) is 0 Å². The fraction of sp³-hybridized carbons (Fsp3) is 0.500. The molecule has 0 aliphatic heterocycles. The number of hydrogen-bond donors (Lipinski definition) is 0. The predicted octanol–water partition coefficient (Wildman–Crippen LogP) is 1.55. The summed E-state index contributed by atoms with van der Waals surface area (Å²) in [5.74, 6) is -2.54. The van der Waals surface area contributed by atoms with Crippen LogP contribution in [0.15, 0.2) is 12.3 Å². The van der Waals surface area contributed by atoms with Gasteiger partial charge in [-0.1, -0.05) is 0 Å². The number of carbonyl (C=O) groups excluding carboxylic acids is 3. The number of ether oxygens (including phenoxy) is 2. The molecule has 0 N–H and O–H groups in total. The summed E-state index contributed by atoms with van der Waals surface area (Å²) in [5.41, 5.74) is -0.908. The van der Waals surface area contributed by atoms with Crippen LogP contribution in [0.25, 0.3) is 0 Å². The molecule has 1 aromatic rings. The van der Waals surface area contributed by atoms with Crippen LogP contribution in [0.4, 0.5) is 5.69 Å². The maximum atomic E-state index is 11.8. The normalized spacial score (nSPS) is 10.9. The molecule has 25 heavy (non-hydrogen) atoms. The molecule has 0 fully saturated rings. The molecule has 9 heteroatoms. The number of rotatable bonds is 7. The van der Waals surface area contributed by atoms with E-state index < -0.39 is 40.4 Å². The van der Waals surface area contributed by atoms with Gasteiger partial charge in [0.25, 0.3) is 5.69 Å². The van der Waals surface area contributed by atoms with Crippen molar-refractivity contribution >= 4 is 23.4 Å². The van der Waals surface area contributed by atoms with E-state index in [-0.39, 0.29) is 24.3 Å². The van der Waals surface area contributed by atoms with Crippen LogP contribution in [0.5, 0.6) is 0 Å². The molecule has 0 aromatic carbocycles. The Labute approximate surface area is 144 Å². The Morgan fingerprint density at radius 2 is 1.88 bits per heavy atom. The summed E-state index contributed by atoms with van der Waals surface area (Å²) in [7, 11) is 0. The van der Waals surface area contributed by atoms with E-state index in [0.717, 1.165) is 6.20 Å². The van der Waals surface area contributed by atoms with Crippen molar-refractivity contribution in [2.45, 2.75) is 46.1 Å². The van der Waals surface area contributed by atoms with Crippen molar-refractivity contribution < 1.29 is 28.8 Å². The summed E-state index contributed by atoms with van der Waals surface area (Å²) < 4.78 is 9.73. The van der Waals surface area contributed by atoms with E-state index in [0.29, 0.717) is 0 Å². The minimum Gasteiger partial charge on any atom is -0.460 e. The molecule has 1 aromatic heterocycles. The lowest BCUT2D eigenvalue weighted by atomic mass is 10.1. The molecule has 0 atom stereocenters. The fourth-order valence-corrected chi connectivity index (χ4v) is 1.92. The van der Waals surface area contributed by atoms with Gasteiger partial charge in [0.15, 0.2) is 0 Å². The summed E-state index contributed by atoms with van der Waals surface area (Å²) in [6.07, 6.45) is 0.225. The maximum Gasteiger partial charge on any atom is 0.374 e. The van der Waals surface area contributed by atoms with Crippen LogP contribution in [0, 0.1) is 10.1 Å². The Hall–Kier alpha value is -2.84. The van der Waals surface area contributed by atoms with Crippen LogP contribution >= 0.6 is 0 Å². The Morgan fingerprint density at radius 3 is 2.40 bits per heavy atom. The third kappa shape index (κ3) is 6.66. The first kappa shape index (κ1) is 20.2. The lowest BCUT2D eigenvalue weighted by Gasteiger charge is -2.19. The molecule has 0 bridgehead atoms. The van der Waals surface area contributed by atoms with Gasteiger partial charge in [0, 0.05) is 12.0 Å². The smallest absolute Gasteiger partial charge is 0.374 e. The Kier molecular flexibility index (Phi) is 6.72. The van der Waals surface area contributed by atoms with Gasteiger partial charge in [-0.25, -0.2) is 4.79 Å². The second-order valence-corrected chi connectivity index (χ2v) is 6.15. The molecular weight excluding hydrogens is 332 g/mol. The van der Waals surface area contributed by atoms with Gasteiger partial charge in [0.05, 0.1) is 23.6 Å². The first-order valence-electron chi connectivity index (χ1n) is 7.57. The Bertz CT molecular complexity index is 692. The van der Waals surface area contributed by atoms with Crippen LogP contribution in [-0.2, 0) is 36.7 Å². The fourth-order valence-electron chi connectivity index (χ4n) is 1.92. The van der Waals surface area contributed by atoms with Crippen molar-refractivity contribution in [2.75, 3.05) is 6.61 Å². The van der Waals surface area contributed by atoms with E-state index >= 15 is 0 Å². The van der Waals surface area contributed by atoms with Gasteiger partial charge in [-0.05, 0) is 33.8 Å². The quantitative estimate of drug-likeness (QED) is 0.313. The monoisotopic (exact) mass is 352 g/mol. The molecule has 0 saturated heterocycles. The molecule has 1 rings (SSSR count). The highest BCUT2D eigenvalue weighted by molar-refractivity contribution is 6.34. The number of aromatic nitrogens is 1. The van der Waals surface area contributed by atoms with Crippen LogP contribution < -0.4 is 0 Å². The first-order chi connectivity index (χ1) is 11.5. The highest BCUT2D eigenvalue weighted by atomic mass is 16.6. The maximum absolute atomic E-state index is 11.8. The molecule has 0 unspecified atom stereocenters. The molecule has 0 aliphatic carbocycles. The van der Waals surface area contributed by atoms with E-state index in [2.05, 4.69) is 9.72 Å². The second-order valence-electron chi connectivity index (χ2n) is 6.15. The molecule has 0 amide bonds. The van der Waals surface area contributed by atoms with Crippen LogP contribution in [0.2, 0.25) is 0 Å². The Morgan fingerprint density at radius 1 is 1.24 bits per heavy atom. The number of carbonyl (C=O) groups is 3. The van der Waals surface area contributed by atoms with E-state index in [9.17, 15) is 24.5 Å². The largest absolute Gasteiger partial charge is 0.460 e. The van der Waals surface area contributed by atoms with Gasteiger partial charge >= 0.3 is 11.9 Å². The van der Waals surface area contributed by atoms with E-state index in [1.54, 1.807) is 27.7 Å². The molecular formula is C16H20N2O7. The molecule has 0 radical (unpaired) electrons. The zero-order valence-electron chi connectivity index (χ0n) is 14.5. The summed E-state index contributed by atoms with van der Waals surface area (Å²) in [6.45, 7) is 6.68. The number of pyridine rings is 1. The number of esters is 2. The van der Waals surface area contributed by atoms with E-state index in [4.69, 9.17) is 4.74 Å². The number of Topliss-reactive ketones (excluding diaryl/α,β-unsaturated/α-hetero) is 1. The standard InChI is InChI=1S/C16H20N2O7/c1-5-24-15(21)13(19)7-10-6-11(17-9-12(10)18(22)23)8-14(20)25-16(2,3)4/h6,9H,5,7-8H2,1-4H3. The zero-order valence-corrected chi connectivity index (χ0v) is 14.5. The number of ketones is 1. The van der Waals surface area contributed by atoms with Gasteiger partial charge in [-0.15, -0.1) is 0 Å². The van der Waals surface area contributed by atoms with Crippen molar-refractivity contribution in [1.82, 2.24) is 4.98 Å². The number of nitrogens with zero attached hydrogens (tertiary/aromatic N) is 2. The van der Waals surface area contributed by atoms with Gasteiger partial charge in [-0.2, -0.15) is 0 Å². The first-order valence-corrected chi connectivity index (χ1v) is 7.57. The molecule has 0 aliphatic rings. The minimum atomic E-state index is -1.07. The van der Waals surface area contributed by atoms with Crippen molar-refractivity contribution in [3.05, 3.63) is 33.6 Å².